The average Bonchev–Trinajstić information content (AvgIpc) is 2.02. The van der Waals surface area contributed by atoms with E-state index in [9.17, 15) is 0 Å². The van der Waals surface area contributed by atoms with Crippen molar-refractivity contribution in [3.8, 4) is 0 Å². The second kappa shape index (κ2) is 3.99. The molecule has 1 rings (SSSR count). The van der Waals surface area contributed by atoms with E-state index in [1.54, 1.807) is 0 Å². The molecular formula is C10H21N3. The smallest absolute Gasteiger partial charge is 0.185 e. The van der Waals surface area contributed by atoms with Gasteiger partial charge in [-0.15, -0.1) is 0 Å². The third-order valence-corrected chi connectivity index (χ3v) is 2.99. The molecule has 1 saturated carbocycles. The Bertz CT molecular complexity index is 182. The normalized spacial score (nSPS) is 22.6. The summed E-state index contributed by atoms with van der Waals surface area (Å²) in [5.74, 6) is 0.931. The molecular weight excluding hydrogens is 162 g/mol. The molecule has 3 heteroatoms. The van der Waals surface area contributed by atoms with E-state index in [-0.39, 0.29) is 5.96 Å². The second-order valence-corrected chi connectivity index (χ2v) is 4.87. The molecule has 3 nitrogen and oxygen atoms in total. The molecule has 0 heterocycles. The Hall–Kier alpha value is -0.730. The summed E-state index contributed by atoms with van der Waals surface area (Å²) in [7, 11) is 0. The van der Waals surface area contributed by atoms with Crippen molar-refractivity contribution >= 4 is 5.96 Å². The molecule has 0 saturated heterocycles. The molecule has 0 unspecified atom stereocenters. The molecule has 1 aliphatic rings. The van der Waals surface area contributed by atoms with Crippen LogP contribution in [-0.2, 0) is 0 Å². The third kappa shape index (κ3) is 3.66. The van der Waals surface area contributed by atoms with E-state index in [1.165, 1.54) is 25.7 Å². The summed E-state index contributed by atoms with van der Waals surface area (Å²) in [5, 5.41) is 0. The molecule has 0 aromatic rings. The van der Waals surface area contributed by atoms with Crippen LogP contribution in [0.25, 0.3) is 0 Å². The maximum absolute atomic E-state index is 5.29. The zero-order valence-electron chi connectivity index (χ0n) is 8.71. The lowest BCUT2D eigenvalue weighted by atomic mass is 9.73. The first-order valence-corrected chi connectivity index (χ1v) is 5.05. The first kappa shape index (κ1) is 10.4. The summed E-state index contributed by atoms with van der Waals surface area (Å²) in [5.41, 5.74) is 11.1. The largest absolute Gasteiger partial charge is 0.370 e. The SMILES string of the molecule is CC1(C)CCC(CN=C(N)N)CC1. The van der Waals surface area contributed by atoms with Gasteiger partial charge in [0.2, 0.25) is 0 Å². The fraction of sp³-hybridized carbons (Fsp3) is 0.900. The molecule has 76 valence electrons. The molecule has 0 radical (unpaired) electrons. The van der Waals surface area contributed by atoms with Crippen molar-refractivity contribution in [2.24, 2.45) is 27.8 Å². The second-order valence-electron chi connectivity index (χ2n) is 4.87. The summed E-state index contributed by atoms with van der Waals surface area (Å²) in [6, 6.07) is 0. The van der Waals surface area contributed by atoms with Gasteiger partial charge < -0.3 is 11.5 Å². The predicted octanol–water partition coefficient (Wildman–Crippen LogP) is 1.48. The maximum Gasteiger partial charge on any atom is 0.185 e. The van der Waals surface area contributed by atoms with E-state index in [2.05, 4.69) is 18.8 Å². The van der Waals surface area contributed by atoms with Gasteiger partial charge >= 0.3 is 0 Å². The number of aliphatic imine (C=N–C) groups is 1. The van der Waals surface area contributed by atoms with Crippen LogP contribution in [0, 0.1) is 11.3 Å². The van der Waals surface area contributed by atoms with Gasteiger partial charge in [-0.3, -0.25) is 4.99 Å². The number of hydrogen-bond donors (Lipinski definition) is 2. The number of nitrogens with two attached hydrogens (primary N) is 2. The van der Waals surface area contributed by atoms with Crippen LogP contribution in [0.5, 0.6) is 0 Å². The zero-order chi connectivity index (χ0) is 9.90. The van der Waals surface area contributed by atoms with Gasteiger partial charge in [-0.2, -0.15) is 0 Å². The summed E-state index contributed by atoms with van der Waals surface area (Å²) in [6.07, 6.45) is 5.14. The minimum atomic E-state index is 0.227. The maximum atomic E-state index is 5.29. The third-order valence-electron chi connectivity index (χ3n) is 2.99. The van der Waals surface area contributed by atoms with Gasteiger partial charge in [0.25, 0.3) is 0 Å². The molecule has 0 bridgehead atoms. The van der Waals surface area contributed by atoms with Crippen molar-refractivity contribution in [1.82, 2.24) is 0 Å². The Labute approximate surface area is 80.6 Å². The zero-order valence-corrected chi connectivity index (χ0v) is 8.71. The highest BCUT2D eigenvalue weighted by atomic mass is 15.0. The van der Waals surface area contributed by atoms with E-state index in [1.807, 2.05) is 0 Å². The molecule has 13 heavy (non-hydrogen) atoms. The summed E-state index contributed by atoms with van der Waals surface area (Å²) >= 11 is 0. The van der Waals surface area contributed by atoms with Crippen molar-refractivity contribution in [2.75, 3.05) is 6.54 Å². The van der Waals surface area contributed by atoms with Crippen molar-refractivity contribution < 1.29 is 0 Å². The van der Waals surface area contributed by atoms with Crippen molar-refractivity contribution in [3.05, 3.63) is 0 Å². The van der Waals surface area contributed by atoms with Crippen LogP contribution in [-0.4, -0.2) is 12.5 Å². The lowest BCUT2D eigenvalue weighted by Crippen LogP contribution is -2.26. The number of guanidine groups is 1. The Morgan fingerprint density at radius 2 is 1.85 bits per heavy atom. The lowest BCUT2D eigenvalue weighted by Gasteiger charge is -2.33. The highest BCUT2D eigenvalue weighted by Gasteiger charge is 2.26. The van der Waals surface area contributed by atoms with E-state index >= 15 is 0 Å². The van der Waals surface area contributed by atoms with Crippen LogP contribution in [0.2, 0.25) is 0 Å². The standard InChI is InChI=1S/C10H21N3/c1-10(2)5-3-8(4-6-10)7-13-9(11)12/h8H,3-7H2,1-2H3,(H4,11,12,13). The first-order chi connectivity index (χ1) is 5.99. The number of nitrogens with zero attached hydrogens (tertiary/aromatic N) is 1. The van der Waals surface area contributed by atoms with Gasteiger partial charge in [0.05, 0.1) is 0 Å². The summed E-state index contributed by atoms with van der Waals surface area (Å²) in [4.78, 5) is 4.07. The van der Waals surface area contributed by atoms with E-state index in [0.29, 0.717) is 11.3 Å². The van der Waals surface area contributed by atoms with Gasteiger partial charge in [-0.1, -0.05) is 13.8 Å². The van der Waals surface area contributed by atoms with E-state index in [4.69, 9.17) is 11.5 Å². The van der Waals surface area contributed by atoms with Crippen LogP contribution in [0.3, 0.4) is 0 Å². The summed E-state index contributed by atoms with van der Waals surface area (Å²) in [6.45, 7) is 5.49. The van der Waals surface area contributed by atoms with Crippen LogP contribution in [0.4, 0.5) is 0 Å². The Kier molecular flexibility index (Phi) is 3.17. The molecule has 0 aromatic carbocycles. The van der Waals surface area contributed by atoms with Gasteiger partial charge in [-0.05, 0) is 37.0 Å². The molecule has 0 aromatic heterocycles. The van der Waals surface area contributed by atoms with Crippen LogP contribution in [0.15, 0.2) is 4.99 Å². The predicted molar refractivity (Wildman–Crippen MR) is 56.4 cm³/mol. The monoisotopic (exact) mass is 183 g/mol. The highest BCUT2D eigenvalue weighted by molar-refractivity contribution is 5.75. The molecule has 0 aliphatic heterocycles. The van der Waals surface area contributed by atoms with Gasteiger partial charge in [-0.25, -0.2) is 0 Å². The van der Waals surface area contributed by atoms with Crippen LogP contribution < -0.4 is 11.5 Å². The molecule has 1 aliphatic carbocycles. The van der Waals surface area contributed by atoms with E-state index < -0.39 is 0 Å². The molecule has 0 amide bonds. The average molecular weight is 183 g/mol. The van der Waals surface area contributed by atoms with Gasteiger partial charge in [0.15, 0.2) is 5.96 Å². The fourth-order valence-electron chi connectivity index (χ4n) is 1.88. The minimum absolute atomic E-state index is 0.227. The van der Waals surface area contributed by atoms with Crippen molar-refractivity contribution in [3.63, 3.8) is 0 Å². The molecule has 1 fully saturated rings. The Morgan fingerprint density at radius 1 is 1.31 bits per heavy atom. The quantitative estimate of drug-likeness (QED) is 0.503. The van der Waals surface area contributed by atoms with Crippen molar-refractivity contribution in [2.45, 2.75) is 39.5 Å². The topological polar surface area (TPSA) is 64.4 Å². The molecule has 0 spiro atoms. The fourth-order valence-corrected chi connectivity index (χ4v) is 1.88. The van der Waals surface area contributed by atoms with Crippen LogP contribution in [0.1, 0.15) is 39.5 Å². The first-order valence-electron chi connectivity index (χ1n) is 5.05. The summed E-state index contributed by atoms with van der Waals surface area (Å²) < 4.78 is 0. The van der Waals surface area contributed by atoms with E-state index in [0.717, 1.165) is 6.54 Å². The van der Waals surface area contributed by atoms with Gasteiger partial charge in [0.1, 0.15) is 0 Å². The van der Waals surface area contributed by atoms with Crippen LogP contribution >= 0.6 is 0 Å². The molecule has 0 atom stereocenters. The molecule has 4 N–H and O–H groups in total. The minimum Gasteiger partial charge on any atom is -0.370 e. The Balaban J connectivity index is 2.30. The highest BCUT2D eigenvalue weighted by Crippen LogP contribution is 2.37. The number of rotatable bonds is 2. The lowest BCUT2D eigenvalue weighted by molar-refractivity contribution is 0.195. The van der Waals surface area contributed by atoms with Gasteiger partial charge in [0, 0.05) is 6.54 Å². The van der Waals surface area contributed by atoms with Crippen molar-refractivity contribution in [1.29, 1.82) is 0 Å². The number of hydrogen-bond acceptors (Lipinski definition) is 1. The Morgan fingerprint density at radius 3 is 2.31 bits per heavy atom.